The van der Waals surface area contributed by atoms with Crippen LogP contribution in [0.1, 0.15) is 36.8 Å². The van der Waals surface area contributed by atoms with Gasteiger partial charge in [-0.1, -0.05) is 46.6 Å². The Kier molecular flexibility index (Phi) is 5.44. The minimum absolute atomic E-state index is 0.176. The van der Waals surface area contributed by atoms with E-state index in [-0.39, 0.29) is 5.91 Å². The molecule has 1 aromatic carbocycles. The number of hydrogen-bond acceptors (Lipinski definition) is 1. The first-order chi connectivity index (χ1) is 9.16. The molecular weight excluding hydrogens is 302 g/mol. The summed E-state index contributed by atoms with van der Waals surface area (Å²) in [6.45, 7) is 2.92. The number of benzene rings is 1. The molecule has 0 saturated heterocycles. The van der Waals surface area contributed by atoms with Crippen LogP contribution in [0.15, 0.2) is 24.3 Å². The number of alkyl halides is 1. The van der Waals surface area contributed by atoms with E-state index in [9.17, 15) is 4.79 Å². The van der Waals surface area contributed by atoms with Gasteiger partial charge in [0.15, 0.2) is 0 Å². The Morgan fingerprint density at radius 3 is 2.84 bits per heavy atom. The molecule has 1 N–H and O–H groups in total. The zero-order valence-corrected chi connectivity index (χ0v) is 13.1. The zero-order chi connectivity index (χ0) is 13.7. The van der Waals surface area contributed by atoms with Crippen LogP contribution < -0.4 is 5.32 Å². The van der Waals surface area contributed by atoms with Crippen LogP contribution in [-0.2, 0) is 11.2 Å². The van der Waals surface area contributed by atoms with E-state index in [1.54, 1.807) is 0 Å². The van der Waals surface area contributed by atoms with Crippen LogP contribution in [0.3, 0.4) is 0 Å². The van der Waals surface area contributed by atoms with Gasteiger partial charge >= 0.3 is 0 Å². The molecule has 1 aliphatic rings. The van der Waals surface area contributed by atoms with E-state index in [2.05, 4.69) is 40.3 Å². The molecule has 1 amide bonds. The maximum absolute atomic E-state index is 11.9. The molecule has 2 nitrogen and oxygen atoms in total. The van der Waals surface area contributed by atoms with Gasteiger partial charge in [0.25, 0.3) is 0 Å². The highest BCUT2D eigenvalue weighted by Crippen LogP contribution is 2.30. The van der Waals surface area contributed by atoms with Gasteiger partial charge in [0, 0.05) is 17.8 Å². The number of amides is 1. The van der Waals surface area contributed by atoms with Crippen molar-refractivity contribution in [2.24, 2.45) is 5.92 Å². The molecule has 1 saturated carbocycles. The predicted molar refractivity (Wildman–Crippen MR) is 82.6 cm³/mol. The van der Waals surface area contributed by atoms with E-state index in [1.807, 2.05) is 12.1 Å². The van der Waals surface area contributed by atoms with Gasteiger partial charge in [-0.2, -0.15) is 0 Å². The first-order valence-electron chi connectivity index (χ1n) is 7.12. The van der Waals surface area contributed by atoms with E-state index in [1.165, 1.54) is 30.4 Å². The summed E-state index contributed by atoms with van der Waals surface area (Å²) in [5.74, 6) is 0.789. The highest BCUT2D eigenvalue weighted by Gasteiger charge is 2.24. The maximum atomic E-state index is 11.9. The third kappa shape index (κ3) is 4.34. The lowest BCUT2D eigenvalue weighted by Crippen LogP contribution is -2.31. The van der Waals surface area contributed by atoms with E-state index >= 15 is 0 Å². The van der Waals surface area contributed by atoms with Crippen molar-refractivity contribution in [2.45, 2.75) is 43.9 Å². The van der Waals surface area contributed by atoms with Crippen LogP contribution in [0.4, 0.5) is 0 Å². The SMILES string of the molecule is Cc1ccccc1CCC(=O)NCC1CCCC1Br. The molecule has 0 aromatic heterocycles. The summed E-state index contributed by atoms with van der Waals surface area (Å²) < 4.78 is 0. The summed E-state index contributed by atoms with van der Waals surface area (Å²) in [5.41, 5.74) is 2.54. The van der Waals surface area contributed by atoms with Gasteiger partial charge in [0.05, 0.1) is 0 Å². The van der Waals surface area contributed by atoms with E-state index in [0.717, 1.165) is 13.0 Å². The van der Waals surface area contributed by atoms with Crippen LogP contribution in [0, 0.1) is 12.8 Å². The van der Waals surface area contributed by atoms with Crippen LogP contribution in [-0.4, -0.2) is 17.3 Å². The Morgan fingerprint density at radius 1 is 1.37 bits per heavy atom. The smallest absolute Gasteiger partial charge is 0.220 e. The Bertz CT molecular complexity index is 433. The minimum atomic E-state index is 0.176. The number of hydrogen-bond donors (Lipinski definition) is 1. The number of carbonyl (C=O) groups excluding carboxylic acids is 1. The second-order valence-corrected chi connectivity index (χ2v) is 6.61. The Balaban J connectivity index is 1.71. The van der Waals surface area contributed by atoms with E-state index in [4.69, 9.17) is 0 Å². The quantitative estimate of drug-likeness (QED) is 0.824. The Labute approximate surface area is 124 Å². The first kappa shape index (κ1) is 14.6. The van der Waals surface area contributed by atoms with Crippen LogP contribution >= 0.6 is 15.9 Å². The van der Waals surface area contributed by atoms with Gasteiger partial charge in [0.1, 0.15) is 0 Å². The van der Waals surface area contributed by atoms with Crippen molar-refractivity contribution in [2.75, 3.05) is 6.54 Å². The second-order valence-electron chi connectivity index (χ2n) is 5.44. The number of aryl methyl sites for hydroxylation is 2. The fourth-order valence-corrected chi connectivity index (χ4v) is 3.47. The van der Waals surface area contributed by atoms with Crippen molar-refractivity contribution in [3.63, 3.8) is 0 Å². The molecule has 1 aliphatic carbocycles. The summed E-state index contributed by atoms with van der Waals surface area (Å²) in [6.07, 6.45) is 5.17. The first-order valence-corrected chi connectivity index (χ1v) is 8.03. The lowest BCUT2D eigenvalue weighted by molar-refractivity contribution is -0.121. The van der Waals surface area contributed by atoms with Crippen molar-refractivity contribution < 1.29 is 4.79 Å². The van der Waals surface area contributed by atoms with Crippen molar-refractivity contribution >= 4 is 21.8 Å². The number of halogens is 1. The highest BCUT2D eigenvalue weighted by atomic mass is 79.9. The van der Waals surface area contributed by atoms with E-state index in [0.29, 0.717) is 17.2 Å². The molecule has 0 aliphatic heterocycles. The van der Waals surface area contributed by atoms with Gasteiger partial charge in [-0.15, -0.1) is 0 Å². The predicted octanol–water partition coefficient (Wildman–Crippen LogP) is 3.61. The zero-order valence-electron chi connectivity index (χ0n) is 11.5. The average molecular weight is 324 g/mol. The molecule has 0 radical (unpaired) electrons. The van der Waals surface area contributed by atoms with Crippen molar-refractivity contribution in [1.29, 1.82) is 0 Å². The summed E-state index contributed by atoms with van der Waals surface area (Å²) in [7, 11) is 0. The molecule has 1 aromatic rings. The molecular formula is C16H22BrNO. The molecule has 2 unspecified atom stereocenters. The molecule has 3 heteroatoms. The highest BCUT2D eigenvalue weighted by molar-refractivity contribution is 9.09. The normalized spacial score (nSPS) is 22.4. The monoisotopic (exact) mass is 323 g/mol. The van der Waals surface area contributed by atoms with Gasteiger partial charge in [-0.3, -0.25) is 4.79 Å². The standard InChI is InChI=1S/C16H22BrNO/c1-12-5-2-3-6-13(12)9-10-16(19)18-11-14-7-4-8-15(14)17/h2-3,5-6,14-15H,4,7-11H2,1H3,(H,18,19). The molecule has 1 fully saturated rings. The summed E-state index contributed by atoms with van der Waals surface area (Å²) in [6, 6.07) is 8.28. The fourth-order valence-electron chi connectivity index (χ4n) is 2.69. The molecule has 104 valence electrons. The molecule has 2 rings (SSSR count). The van der Waals surface area contributed by atoms with Crippen LogP contribution in [0.25, 0.3) is 0 Å². The average Bonchev–Trinajstić information content (AvgIpc) is 2.81. The van der Waals surface area contributed by atoms with Gasteiger partial charge in [-0.05, 0) is 43.2 Å². The van der Waals surface area contributed by atoms with Crippen molar-refractivity contribution in [3.8, 4) is 0 Å². The lowest BCUT2D eigenvalue weighted by atomic mass is 10.0. The topological polar surface area (TPSA) is 29.1 Å². The van der Waals surface area contributed by atoms with E-state index < -0.39 is 0 Å². The fraction of sp³-hybridized carbons (Fsp3) is 0.562. The Morgan fingerprint density at radius 2 is 2.16 bits per heavy atom. The third-order valence-electron chi connectivity index (χ3n) is 4.01. The third-order valence-corrected chi connectivity index (χ3v) is 5.22. The summed E-state index contributed by atoms with van der Waals surface area (Å²) >= 11 is 3.69. The van der Waals surface area contributed by atoms with Gasteiger partial charge in [-0.25, -0.2) is 0 Å². The van der Waals surface area contributed by atoms with Crippen molar-refractivity contribution in [1.82, 2.24) is 5.32 Å². The van der Waals surface area contributed by atoms with Crippen LogP contribution in [0.5, 0.6) is 0 Å². The molecule has 0 heterocycles. The number of nitrogens with one attached hydrogen (secondary N) is 1. The van der Waals surface area contributed by atoms with Crippen molar-refractivity contribution in [3.05, 3.63) is 35.4 Å². The Hall–Kier alpha value is -0.830. The largest absolute Gasteiger partial charge is 0.356 e. The summed E-state index contributed by atoms with van der Waals surface area (Å²) in [5, 5.41) is 3.08. The molecule has 0 bridgehead atoms. The van der Waals surface area contributed by atoms with Crippen LogP contribution in [0.2, 0.25) is 0 Å². The molecule has 0 spiro atoms. The lowest BCUT2D eigenvalue weighted by Gasteiger charge is -2.14. The second kappa shape index (κ2) is 7.09. The maximum Gasteiger partial charge on any atom is 0.220 e. The number of carbonyl (C=O) groups is 1. The molecule has 19 heavy (non-hydrogen) atoms. The summed E-state index contributed by atoms with van der Waals surface area (Å²) in [4.78, 5) is 12.5. The molecule has 2 atom stereocenters. The minimum Gasteiger partial charge on any atom is -0.356 e. The van der Waals surface area contributed by atoms with Gasteiger partial charge in [0.2, 0.25) is 5.91 Å². The van der Waals surface area contributed by atoms with Gasteiger partial charge < -0.3 is 5.32 Å². The number of rotatable bonds is 5.